The fourth-order valence-corrected chi connectivity index (χ4v) is 5.00. The largest absolute Gasteiger partial charge is 0.497 e. The van der Waals surface area contributed by atoms with Gasteiger partial charge in [-0.25, -0.2) is 4.68 Å². The Morgan fingerprint density at radius 1 is 0.914 bits per heavy atom. The van der Waals surface area contributed by atoms with Crippen molar-refractivity contribution >= 4 is 11.7 Å². The average molecular weight is 477 g/mol. The summed E-state index contributed by atoms with van der Waals surface area (Å²) >= 11 is 0. The van der Waals surface area contributed by atoms with Crippen LogP contribution in [0.1, 0.15) is 41.8 Å². The van der Waals surface area contributed by atoms with E-state index in [1.807, 2.05) is 43.3 Å². The van der Waals surface area contributed by atoms with E-state index in [1.165, 1.54) is 0 Å². The van der Waals surface area contributed by atoms with Crippen LogP contribution in [0.15, 0.2) is 47.7 Å². The molecule has 9 nitrogen and oxygen atoms in total. The molecule has 5 rings (SSSR count). The number of aryl methyl sites for hydroxylation is 1. The molecule has 2 atom stereocenters. The summed E-state index contributed by atoms with van der Waals surface area (Å²) in [5.74, 6) is 3.64. The van der Waals surface area contributed by atoms with Crippen molar-refractivity contribution in [2.45, 2.75) is 31.7 Å². The molecule has 1 N–H and O–H groups in total. The number of ether oxygens (including phenoxy) is 4. The van der Waals surface area contributed by atoms with Crippen molar-refractivity contribution in [2.24, 2.45) is 0 Å². The molecular weight excluding hydrogens is 448 g/mol. The molecule has 0 unspecified atom stereocenters. The minimum Gasteiger partial charge on any atom is -0.497 e. The Bertz CT molecular complexity index is 1290. The van der Waals surface area contributed by atoms with Gasteiger partial charge in [0.15, 0.2) is 17.3 Å². The predicted octanol–water partition coefficient (Wildman–Crippen LogP) is 4.04. The first-order valence-electron chi connectivity index (χ1n) is 11.4. The third-order valence-corrected chi connectivity index (χ3v) is 6.62. The Kier molecular flexibility index (Phi) is 5.84. The van der Waals surface area contributed by atoms with Gasteiger partial charge in [-0.2, -0.15) is 10.1 Å². The van der Waals surface area contributed by atoms with Crippen LogP contribution >= 0.6 is 0 Å². The molecule has 0 fully saturated rings. The van der Waals surface area contributed by atoms with Gasteiger partial charge in [0.25, 0.3) is 0 Å². The van der Waals surface area contributed by atoms with Gasteiger partial charge in [0.05, 0.1) is 28.4 Å². The van der Waals surface area contributed by atoms with Crippen molar-refractivity contribution in [3.63, 3.8) is 0 Å². The average Bonchev–Trinajstić information content (AvgIpc) is 3.25. The summed E-state index contributed by atoms with van der Waals surface area (Å²) in [5, 5.41) is 8.00. The number of fused-ring (bicyclic) bond motifs is 1. The van der Waals surface area contributed by atoms with Crippen molar-refractivity contribution < 1.29 is 23.7 Å². The first kappa shape index (κ1) is 22.8. The summed E-state index contributed by atoms with van der Waals surface area (Å²) in [7, 11) is 6.35. The van der Waals surface area contributed by atoms with Gasteiger partial charge in [0.2, 0.25) is 11.7 Å². The van der Waals surface area contributed by atoms with Crippen LogP contribution in [0.3, 0.4) is 0 Å². The number of Topliss-reactive ketones (excluding diaryl/α,β-unsaturated/α-hetero) is 1. The van der Waals surface area contributed by atoms with Crippen LogP contribution in [-0.2, 0) is 4.79 Å². The van der Waals surface area contributed by atoms with Gasteiger partial charge in [0.1, 0.15) is 17.6 Å². The molecule has 1 aromatic heterocycles. The molecule has 0 bridgehead atoms. The van der Waals surface area contributed by atoms with Crippen molar-refractivity contribution in [1.29, 1.82) is 0 Å². The van der Waals surface area contributed by atoms with E-state index in [2.05, 4.69) is 15.4 Å². The molecule has 1 aliphatic carbocycles. The minimum absolute atomic E-state index is 0.0517. The maximum absolute atomic E-state index is 13.7. The number of rotatable bonds is 6. The number of hydrogen-bond donors (Lipinski definition) is 1. The van der Waals surface area contributed by atoms with E-state index in [9.17, 15) is 4.79 Å². The normalized spacial score (nSPS) is 18.9. The maximum Gasteiger partial charge on any atom is 0.226 e. The van der Waals surface area contributed by atoms with Gasteiger partial charge in [-0.3, -0.25) is 4.79 Å². The first-order valence-corrected chi connectivity index (χ1v) is 11.4. The Morgan fingerprint density at radius 3 is 2.20 bits per heavy atom. The molecule has 0 saturated carbocycles. The zero-order valence-corrected chi connectivity index (χ0v) is 20.4. The zero-order valence-electron chi connectivity index (χ0n) is 20.4. The fraction of sp³-hybridized carbons (Fsp3) is 0.346. The fourth-order valence-electron chi connectivity index (χ4n) is 5.00. The Morgan fingerprint density at radius 2 is 1.60 bits per heavy atom. The van der Waals surface area contributed by atoms with Crippen LogP contribution in [0.25, 0.3) is 0 Å². The number of aromatic nitrogens is 3. The Labute approximate surface area is 203 Å². The molecule has 3 aromatic rings. The second-order valence-electron chi connectivity index (χ2n) is 8.61. The molecule has 9 heteroatoms. The molecule has 0 spiro atoms. The molecule has 2 heterocycles. The SMILES string of the molecule is COc1ccc([C@@H]2CC(=O)C3=C(C2)Nc2nc(C)nn2[C@@H]3c2cc(OC)c(OC)c(OC)c2)cc1. The lowest BCUT2D eigenvalue weighted by molar-refractivity contribution is -0.116. The maximum atomic E-state index is 13.7. The van der Waals surface area contributed by atoms with Gasteiger partial charge in [-0.15, -0.1) is 0 Å². The number of carbonyl (C=O) groups is 1. The smallest absolute Gasteiger partial charge is 0.226 e. The summed E-state index contributed by atoms with van der Waals surface area (Å²) in [6.07, 6.45) is 1.08. The van der Waals surface area contributed by atoms with Crippen molar-refractivity contribution in [2.75, 3.05) is 33.8 Å². The minimum atomic E-state index is -0.472. The molecule has 0 amide bonds. The lowest BCUT2D eigenvalue weighted by atomic mass is 9.78. The summed E-state index contributed by atoms with van der Waals surface area (Å²) in [5.41, 5.74) is 3.44. The summed E-state index contributed by atoms with van der Waals surface area (Å²) in [6, 6.07) is 11.2. The highest BCUT2D eigenvalue weighted by molar-refractivity contribution is 6.00. The molecule has 2 aromatic carbocycles. The van der Waals surface area contributed by atoms with Gasteiger partial charge in [-0.1, -0.05) is 12.1 Å². The van der Waals surface area contributed by atoms with Crippen LogP contribution in [0.2, 0.25) is 0 Å². The van der Waals surface area contributed by atoms with Crippen LogP contribution in [0.4, 0.5) is 5.95 Å². The standard InChI is InChI=1S/C26H28N4O5/c1-14-27-26-28-19-10-16(15-6-8-18(32-2)9-7-15)11-20(31)23(19)24(30(26)29-14)17-12-21(33-3)25(35-5)22(13-17)34-4/h6-9,12-13,16,24H,10-11H2,1-5H3,(H,27,28,29)/t16-,24+/m0/s1. The van der Waals surface area contributed by atoms with Crippen LogP contribution < -0.4 is 24.3 Å². The summed E-state index contributed by atoms with van der Waals surface area (Å²) in [6.45, 7) is 1.83. The molecule has 35 heavy (non-hydrogen) atoms. The number of carbonyl (C=O) groups excluding carboxylic acids is 1. The van der Waals surface area contributed by atoms with Crippen molar-refractivity contribution in [3.8, 4) is 23.0 Å². The van der Waals surface area contributed by atoms with Gasteiger partial charge >= 0.3 is 0 Å². The van der Waals surface area contributed by atoms with E-state index in [-0.39, 0.29) is 11.7 Å². The van der Waals surface area contributed by atoms with E-state index in [1.54, 1.807) is 33.1 Å². The lowest BCUT2D eigenvalue weighted by Gasteiger charge is -2.35. The van der Waals surface area contributed by atoms with E-state index >= 15 is 0 Å². The molecule has 2 aliphatic rings. The number of anilines is 1. The highest BCUT2D eigenvalue weighted by atomic mass is 16.5. The highest BCUT2D eigenvalue weighted by Crippen LogP contribution is 2.47. The third-order valence-electron chi connectivity index (χ3n) is 6.62. The quantitative estimate of drug-likeness (QED) is 0.570. The van der Waals surface area contributed by atoms with Crippen molar-refractivity contribution in [1.82, 2.24) is 14.8 Å². The molecule has 0 saturated heterocycles. The topological polar surface area (TPSA) is 96.7 Å². The first-order chi connectivity index (χ1) is 17.0. The number of nitrogens with one attached hydrogen (secondary N) is 1. The van der Waals surface area contributed by atoms with E-state index in [4.69, 9.17) is 18.9 Å². The molecular formula is C26H28N4O5. The number of methoxy groups -OCH3 is 4. The Balaban J connectivity index is 1.62. The highest BCUT2D eigenvalue weighted by Gasteiger charge is 2.40. The monoisotopic (exact) mass is 476 g/mol. The van der Waals surface area contributed by atoms with Crippen LogP contribution in [-0.4, -0.2) is 49.0 Å². The number of benzene rings is 2. The summed E-state index contributed by atoms with van der Waals surface area (Å²) in [4.78, 5) is 18.3. The second kappa shape index (κ2) is 8.98. The molecule has 182 valence electrons. The van der Waals surface area contributed by atoms with Crippen LogP contribution in [0, 0.1) is 6.92 Å². The molecule has 0 radical (unpaired) electrons. The van der Waals surface area contributed by atoms with E-state index in [0.29, 0.717) is 47.4 Å². The number of ketones is 1. The van der Waals surface area contributed by atoms with Gasteiger partial charge in [0, 0.05) is 17.7 Å². The van der Waals surface area contributed by atoms with Crippen molar-refractivity contribution in [3.05, 3.63) is 64.6 Å². The predicted molar refractivity (Wildman–Crippen MR) is 130 cm³/mol. The lowest BCUT2D eigenvalue weighted by Crippen LogP contribution is -2.33. The second-order valence-corrected chi connectivity index (χ2v) is 8.61. The van der Waals surface area contributed by atoms with Gasteiger partial charge < -0.3 is 24.3 Å². The third kappa shape index (κ3) is 3.86. The number of nitrogens with zero attached hydrogens (tertiary/aromatic N) is 3. The zero-order chi connectivity index (χ0) is 24.7. The Hall–Kier alpha value is -4.01. The van der Waals surface area contributed by atoms with Gasteiger partial charge in [-0.05, 0) is 54.7 Å². The molecule has 1 aliphatic heterocycles. The van der Waals surface area contributed by atoms with E-state index < -0.39 is 6.04 Å². The van der Waals surface area contributed by atoms with Crippen LogP contribution in [0.5, 0.6) is 23.0 Å². The van der Waals surface area contributed by atoms with E-state index in [0.717, 1.165) is 22.6 Å². The summed E-state index contributed by atoms with van der Waals surface area (Å²) < 4.78 is 23.7. The number of hydrogen-bond acceptors (Lipinski definition) is 8. The number of allylic oxidation sites excluding steroid dienone is 2.